The van der Waals surface area contributed by atoms with Gasteiger partial charge in [-0.15, -0.1) is 0 Å². The van der Waals surface area contributed by atoms with Crippen LogP contribution in [0.15, 0.2) is 36.4 Å². The van der Waals surface area contributed by atoms with Gasteiger partial charge in [0, 0.05) is 0 Å². The molecule has 0 unspecified atom stereocenters. The number of amides is 1. The van der Waals surface area contributed by atoms with E-state index in [-0.39, 0.29) is 12.3 Å². The fourth-order valence-electron chi connectivity index (χ4n) is 1.65. The summed E-state index contributed by atoms with van der Waals surface area (Å²) in [6.07, 6.45) is 0.204. The summed E-state index contributed by atoms with van der Waals surface area (Å²) in [6, 6.07) is 11.6. The van der Waals surface area contributed by atoms with Crippen molar-refractivity contribution in [2.24, 2.45) is 5.73 Å². The number of benzene rings is 1. The zero-order chi connectivity index (χ0) is 11.5. The maximum atomic E-state index is 10.9. The molecule has 0 fully saturated rings. The maximum absolute atomic E-state index is 10.9. The van der Waals surface area contributed by atoms with Crippen molar-refractivity contribution in [3.63, 3.8) is 0 Å². The van der Waals surface area contributed by atoms with Gasteiger partial charge in [-0.3, -0.25) is 4.79 Å². The van der Waals surface area contributed by atoms with E-state index in [0.29, 0.717) is 0 Å². The zero-order valence-electron chi connectivity index (χ0n) is 9.05. The maximum Gasteiger partial charge on any atom is 0.223 e. The average Bonchev–Trinajstić information content (AvgIpc) is 2.60. The van der Waals surface area contributed by atoms with Crippen LogP contribution in [-0.2, 0) is 11.2 Å². The number of aryl methyl sites for hydroxylation is 1. The SMILES string of the molecule is Cc1cc(CC(N)=O)n(-c2ccccc2)n1. The summed E-state index contributed by atoms with van der Waals surface area (Å²) in [6.45, 7) is 1.89. The van der Waals surface area contributed by atoms with Gasteiger partial charge in [0.1, 0.15) is 0 Å². The van der Waals surface area contributed by atoms with Gasteiger partial charge in [0.2, 0.25) is 5.91 Å². The van der Waals surface area contributed by atoms with Crippen LogP contribution in [0.3, 0.4) is 0 Å². The molecule has 4 heteroatoms. The summed E-state index contributed by atoms with van der Waals surface area (Å²) < 4.78 is 1.75. The van der Waals surface area contributed by atoms with Crippen LogP contribution < -0.4 is 5.73 Å². The quantitative estimate of drug-likeness (QED) is 0.836. The van der Waals surface area contributed by atoms with Crippen molar-refractivity contribution in [1.82, 2.24) is 9.78 Å². The van der Waals surface area contributed by atoms with Crippen molar-refractivity contribution in [2.75, 3.05) is 0 Å². The summed E-state index contributed by atoms with van der Waals surface area (Å²) >= 11 is 0. The van der Waals surface area contributed by atoms with Crippen LogP contribution in [0.4, 0.5) is 0 Å². The highest BCUT2D eigenvalue weighted by Crippen LogP contribution is 2.12. The third kappa shape index (κ3) is 2.11. The minimum Gasteiger partial charge on any atom is -0.369 e. The molecule has 0 aliphatic heterocycles. The summed E-state index contributed by atoms with van der Waals surface area (Å²) in [5.74, 6) is -0.350. The van der Waals surface area contributed by atoms with Crippen LogP contribution in [-0.4, -0.2) is 15.7 Å². The Morgan fingerprint density at radius 1 is 1.38 bits per heavy atom. The van der Waals surface area contributed by atoms with Gasteiger partial charge in [-0.05, 0) is 25.1 Å². The Morgan fingerprint density at radius 2 is 2.06 bits per heavy atom. The first-order valence-corrected chi connectivity index (χ1v) is 5.06. The number of hydrogen-bond acceptors (Lipinski definition) is 2. The van der Waals surface area contributed by atoms with E-state index in [0.717, 1.165) is 17.1 Å². The topological polar surface area (TPSA) is 60.9 Å². The Morgan fingerprint density at radius 3 is 2.69 bits per heavy atom. The van der Waals surface area contributed by atoms with Gasteiger partial charge >= 0.3 is 0 Å². The first-order valence-electron chi connectivity index (χ1n) is 5.06. The molecule has 2 aromatic rings. The predicted molar refractivity (Wildman–Crippen MR) is 61.2 cm³/mol. The molecule has 0 radical (unpaired) electrons. The van der Waals surface area contributed by atoms with Gasteiger partial charge in [0.15, 0.2) is 0 Å². The predicted octanol–water partition coefficient (Wildman–Crippen LogP) is 1.21. The Kier molecular flexibility index (Phi) is 2.72. The Labute approximate surface area is 93.7 Å². The molecule has 0 bridgehead atoms. The lowest BCUT2D eigenvalue weighted by molar-refractivity contribution is -0.117. The number of nitrogens with two attached hydrogens (primary N) is 1. The van der Waals surface area contributed by atoms with Gasteiger partial charge in [0.25, 0.3) is 0 Å². The van der Waals surface area contributed by atoms with E-state index in [1.807, 2.05) is 43.3 Å². The van der Waals surface area contributed by atoms with Crippen LogP contribution in [0, 0.1) is 6.92 Å². The third-order valence-electron chi connectivity index (χ3n) is 2.26. The second-order valence-corrected chi connectivity index (χ2v) is 3.67. The number of hydrogen-bond donors (Lipinski definition) is 1. The number of aromatic nitrogens is 2. The summed E-state index contributed by atoms with van der Waals surface area (Å²) in [5, 5.41) is 4.34. The third-order valence-corrected chi connectivity index (χ3v) is 2.26. The van der Waals surface area contributed by atoms with Crippen molar-refractivity contribution in [2.45, 2.75) is 13.3 Å². The summed E-state index contributed by atoms with van der Waals surface area (Å²) in [7, 11) is 0. The Hall–Kier alpha value is -2.10. The van der Waals surface area contributed by atoms with E-state index in [4.69, 9.17) is 5.73 Å². The van der Waals surface area contributed by atoms with Gasteiger partial charge in [-0.2, -0.15) is 5.10 Å². The highest BCUT2D eigenvalue weighted by atomic mass is 16.1. The smallest absolute Gasteiger partial charge is 0.223 e. The lowest BCUT2D eigenvalue weighted by Gasteiger charge is -2.05. The van der Waals surface area contributed by atoms with Crippen molar-refractivity contribution >= 4 is 5.91 Å². The molecular formula is C12H13N3O. The molecule has 0 spiro atoms. The lowest BCUT2D eigenvalue weighted by Crippen LogP contribution is -2.16. The standard InChI is InChI=1S/C12H13N3O/c1-9-7-11(8-12(13)16)15(14-9)10-5-3-2-4-6-10/h2-7H,8H2,1H3,(H2,13,16). The van der Waals surface area contributed by atoms with Crippen LogP contribution in [0.5, 0.6) is 0 Å². The molecule has 2 N–H and O–H groups in total. The van der Waals surface area contributed by atoms with Crippen LogP contribution in [0.2, 0.25) is 0 Å². The first-order chi connectivity index (χ1) is 7.66. The van der Waals surface area contributed by atoms with Crippen LogP contribution in [0.25, 0.3) is 5.69 Å². The molecule has 0 atom stereocenters. The van der Waals surface area contributed by atoms with Crippen molar-refractivity contribution < 1.29 is 4.79 Å². The van der Waals surface area contributed by atoms with E-state index < -0.39 is 0 Å². The van der Waals surface area contributed by atoms with E-state index in [1.165, 1.54) is 0 Å². The largest absolute Gasteiger partial charge is 0.369 e. The Balaban J connectivity index is 2.44. The normalized spacial score (nSPS) is 10.3. The molecule has 0 aliphatic carbocycles. The number of carbonyl (C=O) groups excluding carboxylic acids is 1. The van der Waals surface area contributed by atoms with E-state index >= 15 is 0 Å². The lowest BCUT2D eigenvalue weighted by atomic mass is 10.2. The first kappa shape index (κ1) is 10.4. The number of para-hydroxylation sites is 1. The molecule has 2 rings (SSSR count). The molecule has 1 heterocycles. The fourth-order valence-corrected chi connectivity index (χ4v) is 1.65. The number of carbonyl (C=O) groups is 1. The number of primary amides is 1. The average molecular weight is 215 g/mol. The zero-order valence-corrected chi connectivity index (χ0v) is 9.05. The molecule has 0 saturated carbocycles. The molecule has 1 aromatic heterocycles. The molecule has 4 nitrogen and oxygen atoms in total. The van der Waals surface area contributed by atoms with Gasteiger partial charge in [0.05, 0.1) is 23.5 Å². The minimum absolute atomic E-state index is 0.204. The molecule has 0 saturated heterocycles. The van der Waals surface area contributed by atoms with E-state index in [1.54, 1.807) is 4.68 Å². The highest BCUT2D eigenvalue weighted by molar-refractivity contribution is 5.76. The molecule has 1 aromatic carbocycles. The second-order valence-electron chi connectivity index (χ2n) is 3.67. The van der Waals surface area contributed by atoms with Gasteiger partial charge in [-0.1, -0.05) is 18.2 Å². The van der Waals surface area contributed by atoms with Crippen molar-refractivity contribution in [3.8, 4) is 5.69 Å². The van der Waals surface area contributed by atoms with Crippen LogP contribution >= 0.6 is 0 Å². The summed E-state index contributed by atoms with van der Waals surface area (Å²) in [4.78, 5) is 10.9. The van der Waals surface area contributed by atoms with Gasteiger partial charge in [-0.25, -0.2) is 4.68 Å². The molecule has 0 aliphatic rings. The number of rotatable bonds is 3. The molecular weight excluding hydrogens is 202 g/mol. The second kappa shape index (κ2) is 4.18. The monoisotopic (exact) mass is 215 g/mol. The van der Waals surface area contributed by atoms with Crippen molar-refractivity contribution in [1.29, 1.82) is 0 Å². The van der Waals surface area contributed by atoms with Crippen LogP contribution in [0.1, 0.15) is 11.4 Å². The fraction of sp³-hybridized carbons (Fsp3) is 0.167. The molecule has 1 amide bonds. The van der Waals surface area contributed by atoms with Crippen molar-refractivity contribution in [3.05, 3.63) is 47.8 Å². The van der Waals surface area contributed by atoms with Gasteiger partial charge < -0.3 is 5.73 Å². The molecule has 16 heavy (non-hydrogen) atoms. The Bertz CT molecular complexity index is 502. The van der Waals surface area contributed by atoms with E-state index in [2.05, 4.69) is 5.10 Å². The molecule has 82 valence electrons. The van der Waals surface area contributed by atoms with E-state index in [9.17, 15) is 4.79 Å². The number of nitrogens with zero attached hydrogens (tertiary/aromatic N) is 2. The minimum atomic E-state index is -0.350. The summed E-state index contributed by atoms with van der Waals surface area (Å²) in [5.41, 5.74) is 7.83. The highest BCUT2D eigenvalue weighted by Gasteiger charge is 2.09.